The minimum atomic E-state index is -0.368. The lowest BCUT2D eigenvalue weighted by molar-refractivity contribution is -0.106. The molecule has 4 unspecified atom stereocenters. The molecule has 1 aliphatic carbocycles. The lowest BCUT2D eigenvalue weighted by Crippen LogP contribution is -2.53. The third-order valence-electron chi connectivity index (χ3n) is 5.42. The van der Waals surface area contributed by atoms with Crippen LogP contribution in [-0.2, 0) is 0 Å². The lowest BCUT2D eigenvalue weighted by Gasteiger charge is -2.49. The SMILES string of the molecule is CCC1CCCCC1C1(O)CCN(C)C(C)C1. The van der Waals surface area contributed by atoms with Crippen LogP contribution in [0.25, 0.3) is 0 Å². The molecule has 1 aliphatic heterocycles. The predicted octanol–water partition coefficient (Wildman–Crippen LogP) is 3.05. The average molecular weight is 239 g/mol. The zero-order valence-corrected chi connectivity index (χ0v) is 11.8. The number of likely N-dealkylation sites (tertiary alicyclic amines) is 1. The summed E-state index contributed by atoms with van der Waals surface area (Å²) >= 11 is 0. The fourth-order valence-corrected chi connectivity index (χ4v) is 4.10. The van der Waals surface area contributed by atoms with E-state index in [0.29, 0.717) is 12.0 Å². The fourth-order valence-electron chi connectivity index (χ4n) is 4.10. The molecule has 1 heterocycles. The Morgan fingerprint density at radius 1 is 1.29 bits per heavy atom. The molecule has 0 bridgehead atoms. The molecule has 2 nitrogen and oxygen atoms in total. The van der Waals surface area contributed by atoms with E-state index in [-0.39, 0.29) is 5.60 Å². The van der Waals surface area contributed by atoms with Gasteiger partial charge in [0, 0.05) is 12.6 Å². The Labute approximate surface area is 106 Å². The van der Waals surface area contributed by atoms with Crippen molar-refractivity contribution in [1.29, 1.82) is 0 Å². The number of rotatable bonds is 2. The van der Waals surface area contributed by atoms with Gasteiger partial charge in [-0.05, 0) is 45.1 Å². The fraction of sp³-hybridized carbons (Fsp3) is 1.00. The summed E-state index contributed by atoms with van der Waals surface area (Å²) < 4.78 is 0. The van der Waals surface area contributed by atoms with Crippen molar-refractivity contribution in [3.63, 3.8) is 0 Å². The smallest absolute Gasteiger partial charge is 0.0705 e. The Hall–Kier alpha value is -0.0800. The summed E-state index contributed by atoms with van der Waals surface area (Å²) in [6.45, 7) is 5.61. The highest BCUT2D eigenvalue weighted by Crippen LogP contribution is 2.44. The summed E-state index contributed by atoms with van der Waals surface area (Å²) in [5, 5.41) is 11.1. The van der Waals surface area contributed by atoms with Gasteiger partial charge in [0.1, 0.15) is 0 Å². The molecule has 1 N–H and O–H groups in total. The molecule has 0 radical (unpaired) electrons. The first kappa shape index (κ1) is 13.4. The number of nitrogens with zero attached hydrogens (tertiary/aromatic N) is 1. The van der Waals surface area contributed by atoms with Crippen LogP contribution in [0.1, 0.15) is 58.8 Å². The van der Waals surface area contributed by atoms with E-state index in [4.69, 9.17) is 0 Å². The molecular formula is C15H29NO. The molecule has 1 saturated heterocycles. The Morgan fingerprint density at radius 2 is 2.00 bits per heavy atom. The van der Waals surface area contributed by atoms with Crippen LogP contribution < -0.4 is 0 Å². The molecule has 2 aliphatic rings. The van der Waals surface area contributed by atoms with Gasteiger partial charge in [0.15, 0.2) is 0 Å². The highest BCUT2D eigenvalue weighted by molar-refractivity contribution is 4.97. The van der Waals surface area contributed by atoms with Gasteiger partial charge in [-0.15, -0.1) is 0 Å². The van der Waals surface area contributed by atoms with E-state index in [1.54, 1.807) is 0 Å². The van der Waals surface area contributed by atoms with Gasteiger partial charge in [-0.1, -0.05) is 32.6 Å². The Morgan fingerprint density at radius 3 is 2.65 bits per heavy atom. The quantitative estimate of drug-likeness (QED) is 0.800. The van der Waals surface area contributed by atoms with Gasteiger partial charge in [-0.2, -0.15) is 0 Å². The molecule has 17 heavy (non-hydrogen) atoms. The van der Waals surface area contributed by atoms with E-state index in [9.17, 15) is 5.11 Å². The molecule has 0 aromatic carbocycles. The van der Waals surface area contributed by atoms with E-state index < -0.39 is 0 Å². The molecule has 4 atom stereocenters. The molecule has 0 aromatic heterocycles. The minimum absolute atomic E-state index is 0.368. The van der Waals surface area contributed by atoms with Crippen LogP contribution in [0.3, 0.4) is 0 Å². The third kappa shape index (κ3) is 2.68. The van der Waals surface area contributed by atoms with Gasteiger partial charge >= 0.3 is 0 Å². The van der Waals surface area contributed by atoms with Gasteiger partial charge in [0.2, 0.25) is 0 Å². The Kier molecular flexibility index (Phi) is 4.14. The van der Waals surface area contributed by atoms with Gasteiger partial charge in [-0.25, -0.2) is 0 Å². The van der Waals surface area contributed by atoms with Crippen molar-refractivity contribution in [2.45, 2.75) is 70.4 Å². The largest absolute Gasteiger partial charge is 0.389 e. The predicted molar refractivity (Wildman–Crippen MR) is 72.0 cm³/mol. The first-order valence-electron chi connectivity index (χ1n) is 7.49. The monoisotopic (exact) mass is 239 g/mol. The average Bonchev–Trinajstić information content (AvgIpc) is 2.34. The van der Waals surface area contributed by atoms with Crippen LogP contribution >= 0.6 is 0 Å². The van der Waals surface area contributed by atoms with Crippen molar-refractivity contribution >= 4 is 0 Å². The van der Waals surface area contributed by atoms with E-state index in [1.807, 2.05) is 0 Å². The molecule has 0 aromatic rings. The zero-order valence-electron chi connectivity index (χ0n) is 11.8. The third-order valence-corrected chi connectivity index (χ3v) is 5.42. The van der Waals surface area contributed by atoms with E-state index in [2.05, 4.69) is 25.8 Å². The maximum absolute atomic E-state index is 11.1. The van der Waals surface area contributed by atoms with Gasteiger partial charge < -0.3 is 10.0 Å². The first-order valence-corrected chi connectivity index (χ1v) is 7.49. The van der Waals surface area contributed by atoms with E-state index in [0.717, 1.165) is 25.3 Å². The molecule has 1 saturated carbocycles. The summed E-state index contributed by atoms with van der Waals surface area (Å²) in [4.78, 5) is 2.39. The van der Waals surface area contributed by atoms with Crippen LogP contribution in [0.4, 0.5) is 0 Å². The van der Waals surface area contributed by atoms with Crippen molar-refractivity contribution in [2.24, 2.45) is 11.8 Å². The van der Waals surface area contributed by atoms with Crippen LogP contribution in [-0.4, -0.2) is 35.2 Å². The maximum atomic E-state index is 11.1. The normalized spacial score (nSPS) is 44.8. The van der Waals surface area contributed by atoms with E-state index >= 15 is 0 Å². The molecule has 100 valence electrons. The molecule has 0 spiro atoms. The summed E-state index contributed by atoms with van der Waals surface area (Å²) in [7, 11) is 2.18. The molecule has 2 heteroatoms. The number of aliphatic hydroxyl groups is 1. The van der Waals surface area contributed by atoms with Crippen LogP contribution in [0, 0.1) is 11.8 Å². The van der Waals surface area contributed by atoms with Crippen molar-refractivity contribution in [3.05, 3.63) is 0 Å². The Bertz CT molecular complexity index is 255. The van der Waals surface area contributed by atoms with Crippen LogP contribution in [0.5, 0.6) is 0 Å². The highest BCUT2D eigenvalue weighted by atomic mass is 16.3. The van der Waals surface area contributed by atoms with Crippen molar-refractivity contribution in [2.75, 3.05) is 13.6 Å². The topological polar surface area (TPSA) is 23.5 Å². The number of hydrogen-bond acceptors (Lipinski definition) is 2. The standard InChI is InChI=1S/C15H29NO/c1-4-13-7-5-6-8-14(13)15(17)9-10-16(3)12(2)11-15/h12-14,17H,4-11H2,1-3H3. The second-order valence-corrected chi connectivity index (χ2v) is 6.45. The summed E-state index contributed by atoms with van der Waals surface area (Å²) in [5.41, 5.74) is -0.368. The highest BCUT2D eigenvalue weighted by Gasteiger charge is 2.44. The Balaban J connectivity index is 2.08. The summed E-state index contributed by atoms with van der Waals surface area (Å²) in [6.07, 6.45) is 8.50. The molecule has 2 rings (SSSR count). The van der Waals surface area contributed by atoms with Gasteiger partial charge in [-0.3, -0.25) is 0 Å². The summed E-state index contributed by atoms with van der Waals surface area (Å²) in [6, 6.07) is 0.535. The zero-order chi connectivity index (χ0) is 12.5. The first-order chi connectivity index (χ1) is 8.07. The van der Waals surface area contributed by atoms with Crippen molar-refractivity contribution < 1.29 is 5.11 Å². The second kappa shape index (κ2) is 5.27. The summed E-state index contributed by atoms with van der Waals surface area (Å²) in [5.74, 6) is 1.33. The molecule has 0 amide bonds. The minimum Gasteiger partial charge on any atom is -0.389 e. The number of piperidine rings is 1. The van der Waals surface area contributed by atoms with Crippen LogP contribution in [0.2, 0.25) is 0 Å². The van der Waals surface area contributed by atoms with Crippen molar-refractivity contribution in [1.82, 2.24) is 4.90 Å². The molecule has 2 fully saturated rings. The van der Waals surface area contributed by atoms with Crippen molar-refractivity contribution in [3.8, 4) is 0 Å². The number of hydrogen-bond donors (Lipinski definition) is 1. The maximum Gasteiger partial charge on any atom is 0.0705 e. The second-order valence-electron chi connectivity index (χ2n) is 6.45. The van der Waals surface area contributed by atoms with E-state index in [1.165, 1.54) is 32.1 Å². The van der Waals surface area contributed by atoms with Gasteiger partial charge in [0.25, 0.3) is 0 Å². The van der Waals surface area contributed by atoms with Crippen LogP contribution in [0.15, 0.2) is 0 Å². The van der Waals surface area contributed by atoms with Gasteiger partial charge in [0.05, 0.1) is 5.60 Å². The molecular weight excluding hydrogens is 210 g/mol. The lowest BCUT2D eigenvalue weighted by atomic mass is 9.65.